The maximum absolute atomic E-state index is 10.0. The molecule has 0 aliphatic heterocycles. The van der Waals surface area contributed by atoms with E-state index in [9.17, 15) is 35.7 Å². The molecule has 8 nitrogen and oxygen atoms in total. The van der Waals surface area contributed by atoms with Crippen molar-refractivity contribution in [3.8, 4) is 0 Å². The summed E-state index contributed by atoms with van der Waals surface area (Å²) in [4.78, 5) is 0. The molecule has 0 aromatic carbocycles. The average molecular weight is 318 g/mol. The summed E-state index contributed by atoms with van der Waals surface area (Å²) in [6.07, 6.45) is -3.15. The van der Waals surface area contributed by atoms with Gasteiger partial charge in [-0.25, -0.2) is 0 Å². The summed E-state index contributed by atoms with van der Waals surface area (Å²) in [6.45, 7) is -0.639. The summed E-state index contributed by atoms with van der Waals surface area (Å²) in [7, 11) is 0. The van der Waals surface area contributed by atoms with Gasteiger partial charge in [0, 0.05) is 12.6 Å². The maximum Gasteiger partial charge on any atom is 0.111 e. The first-order valence-corrected chi connectivity index (χ1v) is 7.32. The van der Waals surface area contributed by atoms with E-state index >= 15 is 0 Å². The lowest BCUT2D eigenvalue weighted by Gasteiger charge is -2.41. The molecule has 0 spiro atoms. The van der Waals surface area contributed by atoms with Crippen molar-refractivity contribution in [3.63, 3.8) is 0 Å². The largest absolute Gasteiger partial charge is 0.396 e. The Bertz CT molecular complexity index is 405. The predicted octanol–water partition coefficient (Wildman–Crippen LogP) is -3.73. The third kappa shape index (κ3) is 3.50. The molecule has 8 heteroatoms. The van der Waals surface area contributed by atoms with Crippen molar-refractivity contribution < 1.29 is 35.7 Å². The van der Waals surface area contributed by atoms with Gasteiger partial charge in [0.15, 0.2) is 0 Å². The number of aliphatic hydroxyl groups is 7. The highest BCUT2D eigenvalue weighted by atomic mass is 16.4. The Morgan fingerprint density at radius 1 is 1.00 bits per heavy atom. The molecule has 0 heterocycles. The Hall–Kier alpha value is -0.580. The lowest BCUT2D eigenvalue weighted by molar-refractivity contribution is -0.0738. The van der Waals surface area contributed by atoms with Gasteiger partial charge >= 0.3 is 0 Å². The van der Waals surface area contributed by atoms with Crippen LogP contribution in [-0.2, 0) is 0 Å². The van der Waals surface area contributed by atoms with E-state index in [4.69, 9.17) is 0 Å². The van der Waals surface area contributed by atoms with E-state index in [1.165, 1.54) is 12.5 Å². The fourth-order valence-electron chi connectivity index (χ4n) is 3.06. The van der Waals surface area contributed by atoms with E-state index < -0.39 is 49.2 Å². The van der Waals surface area contributed by atoms with Crippen molar-refractivity contribution in [1.29, 1.82) is 0 Å². The molecule has 0 saturated heterocycles. The molecule has 0 unspecified atom stereocenters. The number of hydrogen-bond acceptors (Lipinski definition) is 8. The van der Waals surface area contributed by atoms with Crippen molar-refractivity contribution in [2.45, 2.75) is 49.0 Å². The molecule has 2 aliphatic rings. The smallest absolute Gasteiger partial charge is 0.111 e. The normalized spacial score (nSPS) is 46.4. The van der Waals surface area contributed by atoms with Gasteiger partial charge < -0.3 is 41.1 Å². The van der Waals surface area contributed by atoms with Gasteiger partial charge in [-0.15, -0.1) is 0 Å². The summed E-state index contributed by atoms with van der Waals surface area (Å²) in [5.74, 6) is -0.298. The fourth-order valence-corrected chi connectivity index (χ4v) is 3.06. The van der Waals surface area contributed by atoms with Crippen LogP contribution in [0.2, 0.25) is 0 Å². The quantitative estimate of drug-likeness (QED) is 0.246. The van der Waals surface area contributed by atoms with Crippen molar-refractivity contribution in [3.05, 3.63) is 18.1 Å². The van der Waals surface area contributed by atoms with Crippen molar-refractivity contribution in [2.75, 3.05) is 13.2 Å². The van der Waals surface area contributed by atoms with E-state index in [2.05, 4.69) is 5.32 Å². The van der Waals surface area contributed by atoms with Crippen LogP contribution in [0, 0.1) is 12.3 Å². The summed E-state index contributed by atoms with van der Waals surface area (Å²) >= 11 is 0. The first-order chi connectivity index (χ1) is 10.4. The second-order valence-electron chi connectivity index (χ2n) is 5.98. The molecule has 127 valence electrons. The van der Waals surface area contributed by atoms with Crippen LogP contribution in [0.25, 0.3) is 0 Å². The van der Waals surface area contributed by atoms with Gasteiger partial charge in [0.05, 0.1) is 24.9 Å². The van der Waals surface area contributed by atoms with Gasteiger partial charge in [-0.2, -0.15) is 0 Å². The van der Waals surface area contributed by atoms with Gasteiger partial charge in [-0.3, -0.25) is 0 Å². The van der Waals surface area contributed by atoms with Crippen LogP contribution in [0.5, 0.6) is 0 Å². The van der Waals surface area contributed by atoms with Crippen molar-refractivity contribution in [1.82, 2.24) is 5.32 Å². The second kappa shape index (κ2) is 7.33. The Balaban J connectivity index is 2.12. The average Bonchev–Trinajstić information content (AvgIpc) is 2.51. The lowest BCUT2D eigenvalue weighted by Crippen LogP contribution is -2.61. The molecular weight excluding hydrogens is 294 g/mol. The molecule has 2 rings (SSSR count). The van der Waals surface area contributed by atoms with Gasteiger partial charge in [0.1, 0.15) is 18.3 Å². The Morgan fingerprint density at radius 3 is 2.27 bits per heavy atom. The Labute approximate surface area is 128 Å². The SMILES string of the molecule is OCC1=C[C@H](N[C@H]2C[C@H](CO)[CH][C@@H](O)[C@H]2O)[C@H](O)[C@@H](O)[C@H]1O. The highest BCUT2D eigenvalue weighted by molar-refractivity contribution is 5.22. The van der Waals surface area contributed by atoms with E-state index in [1.807, 2.05) is 0 Å². The monoisotopic (exact) mass is 318 g/mol. The standard InChI is InChI=1S/C14H24NO7/c16-4-6-1-8(12(20)10(18)2-6)15-9-3-7(5-17)11(19)14(22)13(9)21/h2-3,6,8-22H,1,4-5H2/t6-,8-,9-,10+,11-,12-,13-,14-/m0/s1. The minimum atomic E-state index is -1.46. The topological polar surface area (TPSA) is 154 Å². The van der Waals surface area contributed by atoms with Crippen LogP contribution in [0.3, 0.4) is 0 Å². The van der Waals surface area contributed by atoms with Crippen LogP contribution >= 0.6 is 0 Å². The van der Waals surface area contributed by atoms with Crippen LogP contribution in [0.4, 0.5) is 0 Å². The van der Waals surface area contributed by atoms with E-state index in [1.54, 1.807) is 0 Å². The summed E-state index contributed by atoms with van der Waals surface area (Å²) in [5, 5.41) is 70.7. The van der Waals surface area contributed by atoms with Gasteiger partial charge in [-0.1, -0.05) is 6.08 Å². The molecule has 0 aromatic heterocycles. The molecule has 0 amide bonds. The molecule has 2 aliphatic carbocycles. The number of nitrogens with one attached hydrogen (secondary N) is 1. The molecule has 8 N–H and O–H groups in total. The molecule has 0 aromatic rings. The highest BCUT2D eigenvalue weighted by Gasteiger charge is 2.41. The van der Waals surface area contributed by atoms with E-state index in [0.717, 1.165) is 0 Å². The zero-order chi connectivity index (χ0) is 16.4. The first-order valence-electron chi connectivity index (χ1n) is 7.32. The predicted molar refractivity (Wildman–Crippen MR) is 75.4 cm³/mol. The third-order valence-electron chi connectivity index (χ3n) is 4.43. The lowest BCUT2D eigenvalue weighted by atomic mass is 9.80. The van der Waals surface area contributed by atoms with Gasteiger partial charge in [0.25, 0.3) is 0 Å². The molecule has 1 radical (unpaired) electrons. The maximum atomic E-state index is 10.0. The molecular formula is C14H24NO7. The molecule has 0 bridgehead atoms. The number of rotatable bonds is 4. The van der Waals surface area contributed by atoms with Gasteiger partial charge in [0.2, 0.25) is 0 Å². The third-order valence-corrected chi connectivity index (χ3v) is 4.43. The number of hydrogen-bond donors (Lipinski definition) is 8. The highest BCUT2D eigenvalue weighted by Crippen LogP contribution is 2.26. The molecule has 22 heavy (non-hydrogen) atoms. The van der Waals surface area contributed by atoms with E-state index in [0.29, 0.717) is 6.42 Å². The van der Waals surface area contributed by atoms with Crippen molar-refractivity contribution >= 4 is 0 Å². The minimum absolute atomic E-state index is 0.172. The first kappa shape index (κ1) is 17.8. The zero-order valence-corrected chi connectivity index (χ0v) is 12.0. The fraction of sp³-hybridized carbons (Fsp3) is 0.786. The zero-order valence-electron chi connectivity index (χ0n) is 12.0. The minimum Gasteiger partial charge on any atom is -0.396 e. The Morgan fingerprint density at radius 2 is 1.68 bits per heavy atom. The molecule has 8 atom stereocenters. The summed E-state index contributed by atoms with van der Waals surface area (Å²) in [6, 6.07) is -1.42. The summed E-state index contributed by atoms with van der Waals surface area (Å²) < 4.78 is 0. The van der Waals surface area contributed by atoms with Crippen LogP contribution in [0.15, 0.2) is 11.6 Å². The van der Waals surface area contributed by atoms with E-state index in [-0.39, 0.29) is 18.1 Å². The second-order valence-corrected chi connectivity index (χ2v) is 5.98. The van der Waals surface area contributed by atoms with Crippen LogP contribution in [-0.4, -0.2) is 91.6 Å². The van der Waals surface area contributed by atoms with Crippen LogP contribution in [0.1, 0.15) is 6.42 Å². The molecule has 1 saturated carbocycles. The Kier molecular flexibility index (Phi) is 5.92. The summed E-state index contributed by atoms with van der Waals surface area (Å²) in [5.41, 5.74) is 0.173. The number of aliphatic hydroxyl groups excluding tert-OH is 7. The van der Waals surface area contributed by atoms with Crippen LogP contribution < -0.4 is 5.32 Å². The molecule has 1 fully saturated rings. The van der Waals surface area contributed by atoms with Gasteiger partial charge in [-0.05, 0) is 24.3 Å². The van der Waals surface area contributed by atoms with Crippen molar-refractivity contribution in [2.24, 2.45) is 5.92 Å².